The maximum absolute atomic E-state index is 9.95. The topological polar surface area (TPSA) is 61.4 Å². The minimum Gasteiger partial charge on any atom is -0.393 e. The molecule has 0 aromatic carbocycles. The number of rotatable bonds is 2. The number of carbonyl (C=O) groups excluding carboxylic acids is 1. The third kappa shape index (κ3) is 1.97. The summed E-state index contributed by atoms with van der Waals surface area (Å²) < 4.78 is 0. The fourth-order valence-electron chi connectivity index (χ4n) is 1.11. The SMILES string of the molecule is O=CNC1CC(O)CCN1. The molecule has 0 saturated carbocycles. The van der Waals surface area contributed by atoms with Gasteiger partial charge in [-0.3, -0.25) is 10.1 Å². The number of aliphatic hydroxyl groups excluding tert-OH is 1. The van der Waals surface area contributed by atoms with Crippen LogP contribution in [0.5, 0.6) is 0 Å². The normalized spacial score (nSPS) is 33.3. The summed E-state index contributed by atoms with van der Waals surface area (Å²) in [5.74, 6) is 0. The third-order valence-corrected chi connectivity index (χ3v) is 1.65. The maximum atomic E-state index is 9.95. The molecule has 1 rings (SSSR count). The van der Waals surface area contributed by atoms with Gasteiger partial charge in [-0.2, -0.15) is 0 Å². The first-order valence-corrected chi connectivity index (χ1v) is 3.44. The highest BCUT2D eigenvalue weighted by atomic mass is 16.3. The molecular weight excluding hydrogens is 132 g/mol. The molecule has 10 heavy (non-hydrogen) atoms. The Hall–Kier alpha value is -0.610. The van der Waals surface area contributed by atoms with Crippen LogP contribution in [0.4, 0.5) is 0 Å². The smallest absolute Gasteiger partial charge is 0.208 e. The summed E-state index contributed by atoms with van der Waals surface area (Å²) in [6.07, 6.45) is 1.73. The van der Waals surface area contributed by atoms with Gasteiger partial charge in [-0.05, 0) is 13.0 Å². The van der Waals surface area contributed by atoms with E-state index in [1.807, 2.05) is 0 Å². The van der Waals surface area contributed by atoms with E-state index >= 15 is 0 Å². The van der Waals surface area contributed by atoms with Crippen LogP contribution in [-0.4, -0.2) is 30.3 Å². The monoisotopic (exact) mass is 144 g/mol. The van der Waals surface area contributed by atoms with E-state index in [4.69, 9.17) is 5.11 Å². The Bertz CT molecular complexity index is 118. The van der Waals surface area contributed by atoms with Crippen molar-refractivity contribution in [1.29, 1.82) is 0 Å². The van der Waals surface area contributed by atoms with Crippen LogP contribution in [0.3, 0.4) is 0 Å². The second-order valence-corrected chi connectivity index (χ2v) is 2.47. The lowest BCUT2D eigenvalue weighted by molar-refractivity contribution is -0.110. The molecule has 2 unspecified atom stereocenters. The molecule has 4 nitrogen and oxygen atoms in total. The average Bonchev–Trinajstić information content (AvgIpc) is 1.88. The van der Waals surface area contributed by atoms with E-state index in [-0.39, 0.29) is 12.3 Å². The number of piperidine rings is 1. The van der Waals surface area contributed by atoms with Gasteiger partial charge in [0.2, 0.25) is 6.41 Å². The van der Waals surface area contributed by atoms with Crippen LogP contribution < -0.4 is 10.6 Å². The first-order valence-electron chi connectivity index (χ1n) is 3.44. The van der Waals surface area contributed by atoms with Gasteiger partial charge in [0.25, 0.3) is 0 Å². The van der Waals surface area contributed by atoms with Gasteiger partial charge < -0.3 is 10.4 Å². The van der Waals surface area contributed by atoms with Crippen molar-refractivity contribution in [2.45, 2.75) is 25.1 Å². The van der Waals surface area contributed by atoms with Gasteiger partial charge in [-0.1, -0.05) is 0 Å². The minimum absolute atomic E-state index is 0.0405. The standard InChI is InChI=1S/C6H12N2O2/c9-4-8-6-3-5(10)1-2-7-6/h4-7,10H,1-3H2,(H,8,9). The van der Waals surface area contributed by atoms with Crippen LogP contribution in [0.2, 0.25) is 0 Å². The van der Waals surface area contributed by atoms with Gasteiger partial charge in [0.15, 0.2) is 0 Å². The van der Waals surface area contributed by atoms with Crippen LogP contribution in [0.15, 0.2) is 0 Å². The van der Waals surface area contributed by atoms with Gasteiger partial charge in [0.05, 0.1) is 12.3 Å². The molecular formula is C6H12N2O2. The van der Waals surface area contributed by atoms with E-state index in [9.17, 15) is 4.79 Å². The van der Waals surface area contributed by atoms with Crippen molar-refractivity contribution < 1.29 is 9.90 Å². The van der Waals surface area contributed by atoms with E-state index < -0.39 is 0 Å². The van der Waals surface area contributed by atoms with E-state index in [1.165, 1.54) is 0 Å². The molecule has 1 amide bonds. The van der Waals surface area contributed by atoms with Gasteiger partial charge >= 0.3 is 0 Å². The van der Waals surface area contributed by atoms with Crippen molar-refractivity contribution in [2.75, 3.05) is 6.54 Å². The summed E-state index contributed by atoms with van der Waals surface area (Å²) >= 11 is 0. The molecule has 1 aliphatic heterocycles. The number of aliphatic hydroxyl groups is 1. The first kappa shape index (κ1) is 7.50. The Morgan fingerprint density at radius 1 is 1.70 bits per heavy atom. The number of carbonyl (C=O) groups is 1. The van der Waals surface area contributed by atoms with Gasteiger partial charge in [-0.25, -0.2) is 0 Å². The first-order chi connectivity index (χ1) is 4.83. The Morgan fingerprint density at radius 2 is 2.50 bits per heavy atom. The summed E-state index contributed by atoms with van der Waals surface area (Å²) in [4.78, 5) is 9.95. The number of nitrogens with one attached hydrogen (secondary N) is 2. The third-order valence-electron chi connectivity index (χ3n) is 1.65. The lowest BCUT2D eigenvalue weighted by Crippen LogP contribution is -2.48. The Morgan fingerprint density at radius 3 is 3.10 bits per heavy atom. The summed E-state index contributed by atoms with van der Waals surface area (Å²) in [6, 6.07) is 0. The lowest BCUT2D eigenvalue weighted by Gasteiger charge is -2.26. The van der Waals surface area contributed by atoms with Crippen LogP contribution >= 0.6 is 0 Å². The zero-order valence-electron chi connectivity index (χ0n) is 5.71. The van der Waals surface area contributed by atoms with Crippen LogP contribution in [0.25, 0.3) is 0 Å². The molecule has 0 radical (unpaired) electrons. The molecule has 4 heteroatoms. The predicted molar refractivity (Wildman–Crippen MR) is 36.2 cm³/mol. The zero-order chi connectivity index (χ0) is 7.40. The molecule has 1 saturated heterocycles. The van der Waals surface area contributed by atoms with Crippen molar-refractivity contribution >= 4 is 6.41 Å². The Balaban J connectivity index is 2.24. The summed E-state index contributed by atoms with van der Waals surface area (Å²) in [5.41, 5.74) is 0. The van der Waals surface area contributed by atoms with Gasteiger partial charge in [0, 0.05) is 6.42 Å². The molecule has 0 aliphatic carbocycles. The second kappa shape index (κ2) is 3.53. The predicted octanol–water partition coefficient (Wildman–Crippen LogP) is -1.20. The number of hydrogen-bond acceptors (Lipinski definition) is 3. The van der Waals surface area contributed by atoms with Crippen LogP contribution in [0, 0.1) is 0 Å². The summed E-state index contributed by atoms with van der Waals surface area (Å²) in [5, 5.41) is 14.7. The molecule has 0 aromatic rings. The van der Waals surface area contributed by atoms with Crippen molar-refractivity contribution in [1.82, 2.24) is 10.6 Å². The van der Waals surface area contributed by atoms with Gasteiger partial charge in [-0.15, -0.1) is 0 Å². The zero-order valence-corrected chi connectivity index (χ0v) is 5.71. The van der Waals surface area contributed by atoms with E-state index in [0.29, 0.717) is 12.8 Å². The average molecular weight is 144 g/mol. The molecule has 0 bridgehead atoms. The number of hydrogen-bond donors (Lipinski definition) is 3. The highest BCUT2D eigenvalue weighted by Gasteiger charge is 2.17. The highest BCUT2D eigenvalue weighted by molar-refractivity contribution is 5.46. The van der Waals surface area contributed by atoms with Gasteiger partial charge in [0.1, 0.15) is 0 Å². The summed E-state index contributed by atoms with van der Waals surface area (Å²) in [7, 11) is 0. The maximum Gasteiger partial charge on any atom is 0.208 e. The van der Waals surface area contributed by atoms with E-state index in [1.54, 1.807) is 0 Å². The van der Waals surface area contributed by atoms with Crippen LogP contribution in [0.1, 0.15) is 12.8 Å². The van der Waals surface area contributed by atoms with Crippen LogP contribution in [-0.2, 0) is 4.79 Å². The van der Waals surface area contributed by atoms with Crippen molar-refractivity contribution in [2.24, 2.45) is 0 Å². The van der Waals surface area contributed by atoms with E-state index in [0.717, 1.165) is 13.0 Å². The largest absolute Gasteiger partial charge is 0.393 e. The fourth-order valence-corrected chi connectivity index (χ4v) is 1.11. The van der Waals surface area contributed by atoms with Crippen molar-refractivity contribution in [3.63, 3.8) is 0 Å². The van der Waals surface area contributed by atoms with Crippen molar-refractivity contribution in [3.05, 3.63) is 0 Å². The molecule has 1 heterocycles. The minimum atomic E-state index is -0.265. The molecule has 0 aromatic heterocycles. The lowest BCUT2D eigenvalue weighted by atomic mass is 10.1. The number of amides is 1. The Labute approximate surface area is 59.6 Å². The molecule has 2 atom stereocenters. The molecule has 0 spiro atoms. The quantitative estimate of drug-likeness (QED) is 0.427. The molecule has 58 valence electrons. The van der Waals surface area contributed by atoms with E-state index in [2.05, 4.69) is 10.6 Å². The molecule has 1 fully saturated rings. The van der Waals surface area contributed by atoms with Crippen molar-refractivity contribution in [3.8, 4) is 0 Å². The molecule has 3 N–H and O–H groups in total. The Kier molecular flexibility index (Phi) is 2.65. The second-order valence-electron chi connectivity index (χ2n) is 2.47. The fraction of sp³-hybridized carbons (Fsp3) is 0.833. The summed E-state index contributed by atoms with van der Waals surface area (Å²) in [6.45, 7) is 0.771. The highest BCUT2D eigenvalue weighted by Crippen LogP contribution is 2.04. The molecule has 1 aliphatic rings.